The van der Waals surface area contributed by atoms with Crippen molar-refractivity contribution < 1.29 is 19.5 Å². The van der Waals surface area contributed by atoms with E-state index in [9.17, 15) is 19.5 Å². The maximum absolute atomic E-state index is 13.6. The average Bonchev–Trinajstić information content (AvgIpc) is 2.95. The molecule has 1 aliphatic heterocycles. The summed E-state index contributed by atoms with van der Waals surface area (Å²) in [5.41, 5.74) is 2.89. The molecule has 9 heteroatoms. The Morgan fingerprint density at radius 2 is 1.80 bits per heavy atom. The minimum Gasteiger partial charge on any atom is -0.478 e. The lowest BCUT2D eigenvalue weighted by atomic mass is 10.1. The van der Waals surface area contributed by atoms with E-state index in [-0.39, 0.29) is 28.8 Å². The highest BCUT2D eigenvalue weighted by Gasteiger charge is 2.36. The van der Waals surface area contributed by atoms with Crippen LogP contribution in [0.15, 0.2) is 101 Å². The number of carboxylic acids is 1. The summed E-state index contributed by atoms with van der Waals surface area (Å²) in [4.78, 5) is 41.8. The topological polar surface area (TPSA) is 98.7 Å². The van der Waals surface area contributed by atoms with E-state index < -0.39 is 11.2 Å². The van der Waals surface area contributed by atoms with Crippen molar-refractivity contribution in [3.05, 3.63) is 102 Å². The van der Waals surface area contributed by atoms with Crippen molar-refractivity contribution in [3.8, 4) is 0 Å². The molecule has 1 aliphatic carbocycles. The summed E-state index contributed by atoms with van der Waals surface area (Å²) >= 11 is 3.16. The number of anilines is 3. The van der Waals surface area contributed by atoms with Crippen LogP contribution in [0.3, 0.4) is 0 Å². The molecule has 204 valence electrons. The number of nitrogens with zero attached hydrogens (tertiary/aromatic N) is 1. The number of allylic oxidation sites excluding steroid dienone is 2. The molecule has 0 radical (unpaired) electrons. The normalized spacial score (nSPS) is 17.9. The SMILES string of the molecule is CCC(Sc1cccc(NC(=O)N2c3ccccc3SC3C=CC=CC32)c1)C(=O)Nc1cc(C(=O)O)ccc1C. The van der Waals surface area contributed by atoms with Crippen LogP contribution in [0.1, 0.15) is 29.3 Å². The average molecular weight is 572 g/mol. The highest BCUT2D eigenvalue weighted by molar-refractivity contribution is 8.00. The Balaban J connectivity index is 1.30. The fourth-order valence-electron chi connectivity index (χ4n) is 4.65. The van der Waals surface area contributed by atoms with Gasteiger partial charge in [-0.2, -0.15) is 0 Å². The number of carboxylic acid groups (broad SMARTS) is 1. The van der Waals surface area contributed by atoms with E-state index >= 15 is 0 Å². The number of fused-ring (bicyclic) bond motifs is 2. The minimum absolute atomic E-state index is 0.0984. The van der Waals surface area contributed by atoms with E-state index in [0.717, 1.165) is 21.0 Å². The summed E-state index contributed by atoms with van der Waals surface area (Å²) in [6.45, 7) is 3.75. The molecule has 40 heavy (non-hydrogen) atoms. The quantitative estimate of drug-likeness (QED) is 0.259. The molecule has 3 N–H and O–H groups in total. The number of hydrogen-bond donors (Lipinski definition) is 3. The first-order chi connectivity index (χ1) is 19.3. The Bertz CT molecular complexity index is 1520. The fourth-order valence-corrected chi connectivity index (χ4v) is 6.92. The number of thioether (sulfide) groups is 2. The molecule has 2 aliphatic rings. The van der Waals surface area contributed by atoms with Crippen LogP contribution < -0.4 is 15.5 Å². The van der Waals surface area contributed by atoms with Gasteiger partial charge in [-0.3, -0.25) is 9.69 Å². The van der Waals surface area contributed by atoms with Crippen LogP contribution in [0, 0.1) is 6.92 Å². The fraction of sp³-hybridized carbons (Fsp3) is 0.194. The van der Waals surface area contributed by atoms with Crippen LogP contribution in [0.5, 0.6) is 0 Å². The third kappa shape index (κ3) is 5.95. The van der Waals surface area contributed by atoms with Crippen molar-refractivity contribution in [1.29, 1.82) is 0 Å². The lowest BCUT2D eigenvalue weighted by Crippen LogP contribution is -2.49. The molecule has 3 aromatic rings. The molecule has 1 heterocycles. The monoisotopic (exact) mass is 571 g/mol. The van der Waals surface area contributed by atoms with Gasteiger partial charge in [0.25, 0.3) is 0 Å². The van der Waals surface area contributed by atoms with Crippen LogP contribution >= 0.6 is 23.5 Å². The van der Waals surface area contributed by atoms with Crippen LogP contribution in [0.4, 0.5) is 21.9 Å². The maximum Gasteiger partial charge on any atom is 0.335 e. The Labute approximate surface area is 241 Å². The number of nitrogens with one attached hydrogen (secondary N) is 2. The van der Waals surface area contributed by atoms with Gasteiger partial charge in [0, 0.05) is 21.2 Å². The molecule has 0 bridgehead atoms. The number of amides is 3. The summed E-state index contributed by atoms with van der Waals surface area (Å²) in [6.07, 6.45) is 8.73. The molecule has 0 spiro atoms. The predicted molar refractivity (Wildman–Crippen MR) is 163 cm³/mol. The molecule has 0 aromatic heterocycles. The molecular formula is C31H29N3O4S2. The van der Waals surface area contributed by atoms with Crippen molar-refractivity contribution in [2.45, 2.75) is 46.6 Å². The number of benzene rings is 3. The molecule has 0 fully saturated rings. The van der Waals surface area contributed by atoms with Gasteiger partial charge < -0.3 is 15.7 Å². The van der Waals surface area contributed by atoms with Gasteiger partial charge in [-0.15, -0.1) is 23.5 Å². The lowest BCUT2D eigenvalue weighted by molar-refractivity contribution is -0.115. The largest absolute Gasteiger partial charge is 0.478 e. The van der Waals surface area contributed by atoms with Crippen LogP contribution in [0.2, 0.25) is 0 Å². The number of rotatable bonds is 7. The number of para-hydroxylation sites is 1. The number of carbonyl (C=O) groups is 3. The van der Waals surface area contributed by atoms with Gasteiger partial charge in [0.2, 0.25) is 5.91 Å². The van der Waals surface area contributed by atoms with Gasteiger partial charge in [0.05, 0.1) is 27.8 Å². The van der Waals surface area contributed by atoms with Crippen molar-refractivity contribution in [1.82, 2.24) is 0 Å². The number of aromatic carboxylic acids is 1. The second-order valence-corrected chi connectivity index (χ2v) is 12.0. The highest BCUT2D eigenvalue weighted by Crippen LogP contribution is 2.43. The summed E-state index contributed by atoms with van der Waals surface area (Å²) < 4.78 is 0. The molecule has 7 nitrogen and oxygen atoms in total. The Morgan fingerprint density at radius 3 is 2.60 bits per heavy atom. The molecule has 3 atom stereocenters. The summed E-state index contributed by atoms with van der Waals surface area (Å²) in [7, 11) is 0. The van der Waals surface area contributed by atoms with Crippen LogP contribution in [-0.2, 0) is 4.79 Å². The number of hydrogen-bond acceptors (Lipinski definition) is 5. The number of aryl methyl sites for hydroxylation is 1. The third-order valence-electron chi connectivity index (χ3n) is 6.73. The molecule has 3 amide bonds. The van der Waals surface area contributed by atoms with Gasteiger partial charge in [-0.05, 0) is 61.4 Å². The van der Waals surface area contributed by atoms with Crippen molar-refractivity contribution >= 4 is 58.5 Å². The standard InChI is InChI=1S/C31H29N3O4S2/c1-3-26(29(35)33-23-17-20(30(36)37)16-15-19(23)2)39-22-10-8-9-21(18-22)32-31(38)34-24-11-4-6-13-27(24)40-28-14-7-5-12-25(28)34/h4-18,24,26-27H,3H2,1-2H3,(H,32,38)(H,33,35)(H,36,37). The number of urea groups is 1. The van der Waals surface area contributed by atoms with Crippen molar-refractivity contribution in [3.63, 3.8) is 0 Å². The van der Waals surface area contributed by atoms with E-state index in [1.165, 1.54) is 23.9 Å². The van der Waals surface area contributed by atoms with Crippen LogP contribution in [-0.4, -0.2) is 39.6 Å². The second-order valence-electron chi connectivity index (χ2n) is 9.48. The summed E-state index contributed by atoms with van der Waals surface area (Å²) in [5.74, 6) is -1.26. The first-order valence-electron chi connectivity index (χ1n) is 13.0. The zero-order valence-electron chi connectivity index (χ0n) is 22.0. The van der Waals surface area contributed by atoms with E-state index in [2.05, 4.69) is 22.8 Å². The van der Waals surface area contributed by atoms with Gasteiger partial charge in [0.1, 0.15) is 0 Å². The van der Waals surface area contributed by atoms with E-state index in [4.69, 9.17) is 0 Å². The maximum atomic E-state index is 13.6. The minimum atomic E-state index is -1.05. The molecular weight excluding hydrogens is 542 g/mol. The smallest absolute Gasteiger partial charge is 0.335 e. The first-order valence-corrected chi connectivity index (χ1v) is 14.7. The van der Waals surface area contributed by atoms with Gasteiger partial charge in [-0.1, -0.05) is 55.5 Å². The molecule has 3 unspecified atom stereocenters. The summed E-state index contributed by atoms with van der Waals surface area (Å²) in [6, 6.07) is 19.7. The Hall–Kier alpha value is -3.95. The molecule has 0 saturated heterocycles. The van der Waals surface area contributed by atoms with E-state index in [0.29, 0.717) is 17.8 Å². The van der Waals surface area contributed by atoms with Crippen LogP contribution in [0.25, 0.3) is 0 Å². The van der Waals surface area contributed by atoms with E-state index in [1.54, 1.807) is 17.8 Å². The first kappa shape index (κ1) is 27.6. The molecule has 5 rings (SSSR count). The van der Waals surface area contributed by atoms with Crippen molar-refractivity contribution in [2.75, 3.05) is 15.5 Å². The Kier molecular flexibility index (Phi) is 8.32. The highest BCUT2D eigenvalue weighted by atomic mass is 32.2. The molecule has 3 aromatic carbocycles. The second kappa shape index (κ2) is 12.1. The molecule has 0 saturated carbocycles. The van der Waals surface area contributed by atoms with Gasteiger partial charge in [0.15, 0.2) is 0 Å². The lowest BCUT2D eigenvalue weighted by Gasteiger charge is -2.40. The predicted octanol–water partition coefficient (Wildman–Crippen LogP) is 7.21. The van der Waals surface area contributed by atoms with Gasteiger partial charge >= 0.3 is 12.0 Å². The zero-order valence-corrected chi connectivity index (χ0v) is 23.7. The third-order valence-corrected chi connectivity index (χ3v) is 9.40. The number of carbonyl (C=O) groups excluding carboxylic acids is 2. The zero-order chi connectivity index (χ0) is 28.2. The Morgan fingerprint density at radius 1 is 1.00 bits per heavy atom. The summed E-state index contributed by atoms with van der Waals surface area (Å²) in [5, 5.41) is 15.0. The van der Waals surface area contributed by atoms with Crippen molar-refractivity contribution in [2.24, 2.45) is 0 Å². The van der Waals surface area contributed by atoms with Gasteiger partial charge in [-0.25, -0.2) is 9.59 Å². The van der Waals surface area contributed by atoms with E-state index in [1.807, 2.05) is 79.4 Å².